The molecule has 0 aromatic heterocycles. The second-order valence-corrected chi connectivity index (χ2v) is 3.81. The molecule has 1 aromatic rings. The van der Waals surface area contributed by atoms with E-state index in [1.165, 1.54) is 0 Å². The number of ether oxygens (including phenoxy) is 1. The first-order chi connectivity index (χ1) is 8.77. The molecule has 0 fully saturated rings. The van der Waals surface area contributed by atoms with Gasteiger partial charge in [-0.3, -0.25) is 4.99 Å². The molecular formula is C11H14N6O. The number of aliphatic imine (C=N–C) groups is 1. The number of nitrogens with two attached hydrogens (primary N) is 1. The highest BCUT2D eigenvalue weighted by Crippen LogP contribution is 2.30. The molecule has 1 heterocycles. The molecule has 18 heavy (non-hydrogen) atoms. The van der Waals surface area contributed by atoms with E-state index in [2.05, 4.69) is 15.0 Å². The average molecular weight is 246 g/mol. The highest BCUT2D eigenvalue weighted by Gasteiger charge is 2.28. The molecule has 94 valence electrons. The van der Waals surface area contributed by atoms with Crippen molar-refractivity contribution in [2.45, 2.75) is 6.04 Å². The van der Waals surface area contributed by atoms with Gasteiger partial charge in [0.15, 0.2) is 5.96 Å². The van der Waals surface area contributed by atoms with Crippen LogP contribution in [0.2, 0.25) is 0 Å². The molecule has 0 saturated carbocycles. The maximum Gasteiger partial charge on any atom is 0.196 e. The molecule has 1 unspecified atom stereocenters. The molecule has 0 spiro atoms. The summed E-state index contributed by atoms with van der Waals surface area (Å²) in [6.07, 6.45) is 0. The molecule has 1 aliphatic rings. The number of nitrogens with zero attached hydrogens (tertiary/aromatic N) is 5. The Labute approximate surface area is 104 Å². The molecule has 0 amide bonds. The van der Waals surface area contributed by atoms with Gasteiger partial charge in [-0.25, -0.2) is 0 Å². The molecule has 0 aliphatic carbocycles. The van der Waals surface area contributed by atoms with E-state index in [-0.39, 0.29) is 6.04 Å². The maximum absolute atomic E-state index is 8.40. The third-order valence-corrected chi connectivity index (χ3v) is 2.78. The average Bonchev–Trinajstić information content (AvgIpc) is 2.77. The van der Waals surface area contributed by atoms with E-state index in [9.17, 15) is 0 Å². The van der Waals surface area contributed by atoms with Crippen LogP contribution in [0.25, 0.3) is 10.4 Å². The zero-order chi connectivity index (χ0) is 13.0. The minimum Gasteiger partial charge on any atom is -0.495 e. The fourth-order valence-corrected chi connectivity index (χ4v) is 1.96. The van der Waals surface area contributed by atoms with E-state index in [1.807, 2.05) is 29.2 Å². The molecule has 7 heteroatoms. The number of benzene rings is 1. The summed E-state index contributed by atoms with van der Waals surface area (Å²) < 4.78 is 5.30. The van der Waals surface area contributed by atoms with Crippen LogP contribution >= 0.6 is 0 Å². The fraction of sp³-hybridized carbons (Fsp3) is 0.364. The van der Waals surface area contributed by atoms with Crippen LogP contribution in [0.1, 0.15) is 0 Å². The lowest BCUT2D eigenvalue weighted by Crippen LogP contribution is -2.42. The number of methoxy groups -OCH3 is 1. The maximum atomic E-state index is 8.40. The van der Waals surface area contributed by atoms with Crippen molar-refractivity contribution in [1.82, 2.24) is 0 Å². The Bertz CT molecular complexity index is 508. The lowest BCUT2D eigenvalue weighted by atomic mass is 10.2. The van der Waals surface area contributed by atoms with Crippen molar-refractivity contribution < 1.29 is 4.74 Å². The zero-order valence-electron chi connectivity index (χ0n) is 10.0. The van der Waals surface area contributed by atoms with Crippen molar-refractivity contribution in [2.75, 3.05) is 25.1 Å². The number of azide groups is 1. The molecule has 0 radical (unpaired) electrons. The molecule has 0 saturated heterocycles. The van der Waals surface area contributed by atoms with Gasteiger partial charge in [0.1, 0.15) is 5.75 Å². The molecule has 1 atom stereocenters. The Kier molecular flexibility index (Phi) is 3.54. The minimum atomic E-state index is -0.0581. The summed E-state index contributed by atoms with van der Waals surface area (Å²) >= 11 is 0. The van der Waals surface area contributed by atoms with Gasteiger partial charge in [0.25, 0.3) is 0 Å². The van der Waals surface area contributed by atoms with Crippen LogP contribution < -0.4 is 15.4 Å². The van der Waals surface area contributed by atoms with E-state index in [0.29, 0.717) is 24.8 Å². The Morgan fingerprint density at radius 1 is 1.61 bits per heavy atom. The van der Waals surface area contributed by atoms with Gasteiger partial charge in [0, 0.05) is 11.5 Å². The zero-order valence-corrected chi connectivity index (χ0v) is 10.0. The third-order valence-electron chi connectivity index (χ3n) is 2.78. The van der Waals surface area contributed by atoms with E-state index in [0.717, 1.165) is 5.69 Å². The molecular weight excluding hydrogens is 232 g/mol. The predicted molar refractivity (Wildman–Crippen MR) is 69.8 cm³/mol. The van der Waals surface area contributed by atoms with Crippen LogP contribution in [0, 0.1) is 0 Å². The second kappa shape index (κ2) is 5.29. The molecule has 2 N–H and O–H groups in total. The first-order valence-corrected chi connectivity index (χ1v) is 5.51. The molecule has 1 aromatic carbocycles. The predicted octanol–water partition coefficient (Wildman–Crippen LogP) is 1.51. The molecule has 0 bridgehead atoms. The summed E-state index contributed by atoms with van der Waals surface area (Å²) in [4.78, 5) is 8.80. The summed E-state index contributed by atoms with van der Waals surface area (Å²) in [6, 6.07) is 7.47. The van der Waals surface area contributed by atoms with Crippen molar-refractivity contribution >= 4 is 11.6 Å². The van der Waals surface area contributed by atoms with E-state index in [1.54, 1.807) is 7.11 Å². The summed E-state index contributed by atoms with van der Waals surface area (Å²) in [5.74, 6) is 1.13. The van der Waals surface area contributed by atoms with Gasteiger partial charge >= 0.3 is 0 Å². The highest BCUT2D eigenvalue weighted by atomic mass is 16.5. The largest absolute Gasteiger partial charge is 0.495 e. The van der Waals surface area contributed by atoms with E-state index < -0.39 is 0 Å². The number of guanidine groups is 1. The molecule has 1 aliphatic heterocycles. The van der Waals surface area contributed by atoms with Crippen LogP contribution in [0.5, 0.6) is 5.75 Å². The van der Waals surface area contributed by atoms with Gasteiger partial charge < -0.3 is 15.4 Å². The number of hydrogen-bond acceptors (Lipinski definition) is 5. The number of anilines is 1. The van der Waals surface area contributed by atoms with Crippen LogP contribution in [-0.4, -0.2) is 32.2 Å². The fourth-order valence-electron chi connectivity index (χ4n) is 1.96. The number of hydrogen-bond donors (Lipinski definition) is 1. The second-order valence-electron chi connectivity index (χ2n) is 3.81. The number of rotatable bonds is 4. The topological polar surface area (TPSA) is 99.6 Å². The molecule has 2 rings (SSSR count). The quantitative estimate of drug-likeness (QED) is 0.495. The van der Waals surface area contributed by atoms with Crippen molar-refractivity contribution in [3.8, 4) is 5.75 Å². The molecule has 7 nitrogen and oxygen atoms in total. The van der Waals surface area contributed by atoms with Crippen LogP contribution in [0.3, 0.4) is 0 Å². The summed E-state index contributed by atoms with van der Waals surface area (Å²) in [7, 11) is 1.60. The van der Waals surface area contributed by atoms with Gasteiger partial charge in [0.2, 0.25) is 0 Å². The Hall–Kier alpha value is -2.40. The third kappa shape index (κ3) is 2.16. The van der Waals surface area contributed by atoms with Gasteiger partial charge in [-0.05, 0) is 17.7 Å². The summed E-state index contributed by atoms with van der Waals surface area (Å²) in [5, 5.41) is 3.59. The lowest BCUT2D eigenvalue weighted by molar-refractivity contribution is 0.415. The first-order valence-electron chi connectivity index (χ1n) is 5.51. The number of para-hydroxylation sites is 2. The normalized spacial score (nSPS) is 18.2. The Balaban J connectivity index is 2.33. The van der Waals surface area contributed by atoms with Crippen LogP contribution in [0.4, 0.5) is 5.69 Å². The monoisotopic (exact) mass is 246 g/mol. The van der Waals surface area contributed by atoms with Crippen LogP contribution in [-0.2, 0) is 0 Å². The Morgan fingerprint density at radius 3 is 3.11 bits per heavy atom. The van der Waals surface area contributed by atoms with Gasteiger partial charge in [-0.1, -0.05) is 17.2 Å². The van der Waals surface area contributed by atoms with Crippen LogP contribution in [0.15, 0.2) is 34.4 Å². The Morgan fingerprint density at radius 2 is 2.39 bits per heavy atom. The SMILES string of the molecule is COc1ccccc1N1C(N)=NCC1CN=[N+]=[N-]. The van der Waals surface area contributed by atoms with Crippen molar-refractivity contribution in [1.29, 1.82) is 0 Å². The smallest absolute Gasteiger partial charge is 0.196 e. The summed E-state index contributed by atoms with van der Waals surface area (Å²) in [5.41, 5.74) is 15.1. The van der Waals surface area contributed by atoms with Gasteiger partial charge in [0.05, 0.1) is 25.4 Å². The van der Waals surface area contributed by atoms with Gasteiger partial charge in [-0.2, -0.15) is 0 Å². The standard InChI is InChI=1S/C11H14N6O/c1-18-10-5-3-2-4-9(10)17-8(7-15-16-13)6-14-11(17)12/h2-5,8H,6-7H2,1H3,(H2,12,14). The van der Waals surface area contributed by atoms with E-state index >= 15 is 0 Å². The van der Waals surface area contributed by atoms with Crippen molar-refractivity contribution in [3.05, 3.63) is 34.7 Å². The first kappa shape index (κ1) is 12.1. The van der Waals surface area contributed by atoms with Crippen molar-refractivity contribution in [3.63, 3.8) is 0 Å². The minimum absolute atomic E-state index is 0.0581. The highest BCUT2D eigenvalue weighted by molar-refractivity contribution is 5.98. The summed E-state index contributed by atoms with van der Waals surface area (Å²) in [6.45, 7) is 0.835. The van der Waals surface area contributed by atoms with Crippen molar-refractivity contribution in [2.24, 2.45) is 15.8 Å². The lowest BCUT2D eigenvalue weighted by Gasteiger charge is -2.26. The van der Waals surface area contributed by atoms with Gasteiger partial charge in [-0.15, -0.1) is 0 Å². The van der Waals surface area contributed by atoms with E-state index in [4.69, 9.17) is 16.0 Å².